The van der Waals surface area contributed by atoms with Gasteiger partial charge in [0.15, 0.2) is 23.1 Å². The lowest BCUT2D eigenvalue weighted by molar-refractivity contribution is 0.300. The number of hydrogen-bond donors (Lipinski definition) is 0. The Morgan fingerprint density at radius 2 is 1.20 bits per heavy atom. The maximum atomic E-state index is 13.8. The normalized spacial score (nSPS) is 10.2. The topological polar surface area (TPSA) is 36.9 Å². The first-order chi connectivity index (χ1) is 12.1. The van der Waals surface area contributed by atoms with E-state index in [-0.39, 0.29) is 19.2 Å². The monoisotopic (exact) mass is 350 g/mol. The second kappa shape index (κ2) is 9.76. The summed E-state index contributed by atoms with van der Waals surface area (Å²) in [6.45, 7) is 4.78. The first kappa shape index (κ1) is 18.9. The van der Waals surface area contributed by atoms with Crippen LogP contribution in [0.4, 0.5) is 8.78 Å². The van der Waals surface area contributed by atoms with Crippen molar-refractivity contribution in [3.05, 3.63) is 48.0 Å². The molecule has 2 aromatic carbocycles. The van der Waals surface area contributed by atoms with E-state index in [1.165, 1.54) is 24.3 Å². The van der Waals surface area contributed by atoms with Gasteiger partial charge in [-0.15, -0.1) is 0 Å². The van der Waals surface area contributed by atoms with Crippen LogP contribution in [0.2, 0.25) is 0 Å². The second-order valence-corrected chi connectivity index (χ2v) is 5.29. The van der Waals surface area contributed by atoms with Crippen molar-refractivity contribution < 1.29 is 27.6 Å². The average Bonchev–Trinajstić information content (AvgIpc) is 2.60. The minimum absolute atomic E-state index is 0.177. The lowest BCUT2D eigenvalue weighted by Gasteiger charge is -2.11. The first-order valence-electron chi connectivity index (χ1n) is 8.24. The third-order valence-electron chi connectivity index (χ3n) is 3.18. The van der Waals surface area contributed by atoms with Gasteiger partial charge in [-0.1, -0.05) is 13.8 Å². The smallest absolute Gasteiger partial charge is 0.528 e. The molecule has 0 saturated heterocycles. The highest BCUT2D eigenvalue weighted by Gasteiger charge is 2.08. The van der Waals surface area contributed by atoms with Crippen molar-refractivity contribution in [2.24, 2.45) is 0 Å². The van der Waals surface area contributed by atoms with Gasteiger partial charge in [-0.2, -0.15) is 0 Å². The van der Waals surface area contributed by atoms with E-state index in [0.717, 1.165) is 12.8 Å². The zero-order valence-electron chi connectivity index (χ0n) is 14.4. The average molecular weight is 350 g/mol. The summed E-state index contributed by atoms with van der Waals surface area (Å²) in [7, 11) is -0.177. The molecular weight excluding hydrogens is 329 g/mol. The Kier molecular flexibility index (Phi) is 7.38. The van der Waals surface area contributed by atoms with E-state index < -0.39 is 11.6 Å². The third-order valence-corrected chi connectivity index (χ3v) is 3.18. The number of hydrogen-bond acceptors (Lipinski definition) is 4. The van der Waals surface area contributed by atoms with Gasteiger partial charge in [0.25, 0.3) is 0 Å². The van der Waals surface area contributed by atoms with Crippen LogP contribution in [0.5, 0.6) is 23.0 Å². The third kappa shape index (κ3) is 5.85. The van der Waals surface area contributed by atoms with Gasteiger partial charge in [0.2, 0.25) is 0 Å². The predicted octanol–water partition coefficient (Wildman–Crippen LogP) is 4.27. The summed E-state index contributed by atoms with van der Waals surface area (Å²) in [6.07, 6.45) is 1.59. The van der Waals surface area contributed by atoms with Gasteiger partial charge in [0.05, 0.1) is 13.2 Å². The van der Waals surface area contributed by atoms with Crippen molar-refractivity contribution in [1.29, 1.82) is 0 Å². The summed E-state index contributed by atoms with van der Waals surface area (Å²) >= 11 is 0. The molecule has 2 aromatic rings. The molecule has 0 aliphatic carbocycles. The molecule has 25 heavy (non-hydrogen) atoms. The molecule has 0 bridgehead atoms. The zero-order chi connectivity index (χ0) is 18.1. The number of benzene rings is 2. The largest absolute Gasteiger partial charge is 0.576 e. The minimum Gasteiger partial charge on any atom is -0.528 e. The molecule has 0 heterocycles. The Bertz CT molecular complexity index is 625. The molecule has 7 heteroatoms. The fourth-order valence-electron chi connectivity index (χ4n) is 1.97. The lowest BCUT2D eigenvalue weighted by Crippen LogP contribution is -2.11. The maximum Gasteiger partial charge on any atom is 0.576 e. The Morgan fingerprint density at radius 3 is 1.56 bits per heavy atom. The molecule has 0 aromatic heterocycles. The fraction of sp³-hybridized carbons (Fsp3) is 0.333. The molecule has 0 radical (unpaired) electrons. The van der Waals surface area contributed by atoms with Crippen LogP contribution < -0.4 is 18.8 Å². The lowest BCUT2D eigenvalue weighted by atomic mass is 10.2. The van der Waals surface area contributed by atoms with Crippen LogP contribution in [-0.2, 0) is 0 Å². The molecule has 0 atom stereocenters. The second-order valence-electron chi connectivity index (χ2n) is 5.29. The van der Waals surface area contributed by atoms with Crippen LogP contribution in [-0.4, -0.2) is 20.9 Å². The number of rotatable bonds is 10. The van der Waals surface area contributed by atoms with E-state index in [0.29, 0.717) is 24.7 Å². The highest BCUT2D eigenvalue weighted by atomic mass is 19.1. The first-order valence-corrected chi connectivity index (χ1v) is 8.24. The molecule has 0 amide bonds. The molecule has 0 fully saturated rings. The van der Waals surface area contributed by atoms with Crippen LogP contribution in [0, 0.1) is 11.6 Å². The van der Waals surface area contributed by atoms with E-state index in [4.69, 9.17) is 18.8 Å². The van der Waals surface area contributed by atoms with Crippen molar-refractivity contribution in [2.45, 2.75) is 26.7 Å². The summed E-state index contributed by atoms with van der Waals surface area (Å²) in [5.74, 6) is -0.0574. The zero-order valence-corrected chi connectivity index (χ0v) is 14.4. The standard InChI is InChI=1S/C18H21BF2O4/c1-3-9-22-17-7-5-13(11-15(17)20)24-19-25-14-6-8-18(16(21)12-14)23-10-4-2/h5-8,11-12,19H,3-4,9-10H2,1-2H3. The Balaban J connectivity index is 1.86. The summed E-state index contributed by atoms with van der Waals surface area (Å²) in [4.78, 5) is 0. The molecule has 0 N–H and O–H groups in total. The van der Waals surface area contributed by atoms with Crippen molar-refractivity contribution in [3.8, 4) is 23.0 Å². The molecular formula is C18H21BF2O4. The van der Waals surface area contributed by atoms with Crippen LogP contribution in [0.1, 0.15) is 26.7 Å². The molecule has 4 nitrogen and oxygen atoms in total. The summed E-state index contributed by atoms with van der Waals surface area (Å²) in [6, 6.07) is 8.60. The van der Waals surface area contributed by atoms with Gasteiger partial charge in [0.1, 0.15) is 11.5 Å². The van der Waals surface area contributed by atoms with Gasteiger partial charge in [-0.05, 0) is 37.1 Å². The van der Waals surface area contributed by atoms with Gasteiger partial charge in [0, 0.05) is 12.1 Å². The van der Waals surface area contributed by atoms with Crippen molar-refractivity contribution >= 4 is 7.69 Å². The SMILES string of the molecule is CCCOc1ccc(OBOc2ccc(OCCC)c(F)c2)cc1F. The Hall–Kier alpha value is -2.44. The van der Waals surface area contributed by atoms with E-state index in [2.05, 4.69) is 0 Å². The van der Waals surface area contributed by atoms with Gasteiger partial charge < -0.3 is 18.8 Å². The van der Waals surface area contributed by atoms with Gasteiger partial charge in [-0.3, -0.25) is 0 Å². The van der Waals surface area contributed by atoms with Crippen molar-refractivity contribution in [1.82, 2.24) is 0 Å². The molecule has 0 unspecified atom stereocenters. The molecule has 0 saturated carbocycles. The van der Waals surface area contributed by atoms with Gasteiger partial charge >= 0.3 is 7.69 Å². The van der Waals surface area contributed by atoms with Crippen LogP contribution in [0.25, 0.3) is 0 Å². The van der Waals surface area contributed by atoms with E-state index >= 15 is 0 Å². The fourth-order valence-corrected chi connectivity index (χ4v) is 1.97. The minimum atomic E-state index is -0.505. The molecule has 0 spiro atoms. The number of halogens is 2. The van der Waals surface area contributed by atoms with Crippen molar-refractivity contribution in [3.63, 3.8) is 0 Å². The van der Waals surface area contributed by atoms with E-state index in [1.54, 1.807) is 12.1 Å². The van der Waals surface area contributed by atoms with E-state index in [1.807, 2.05) is 13.8 Å². The highest BCUT2D eigenvalue weighted by molar-refractivity contribution is 6.20. The van der Waals surface area contributed by atoms with E-state index in [9.17, 15) is 8.78 Å². The van der Waals surface area contributed by atoms with Crippen LogP contribution in [0.15, 0.2) is 36.4 Å². The van der Waals surface area contributed by atoms with Crippen molar-refractivity contribution in [2.75, 3.05) is 13.2 Å². The van der Waals surface area contributed by atoms with Crippen LogP contribution >= 0.6 is 0 Å². The highest BCUT2D eigenvalue weighted by Crippen LogP contribution is 2.24. The van der Waals surface area contributed by atoms with Gasteiger partial charge in [-0.25, -0.2) is 8.78 Å². The predicted molar refractivity (Wildman–Crippen MR) is 92.8 cm³/mol. The number of ether oxygens (including phenoxy) is 2. The molecule has 134 valence electrons. The molecule has 0 aliphatic heterocycles. The van der Waals surface area contributed by atoms with Crippen LogP contribution in [0.3, 0.4) is 0 Å². The summed E-state index contributed by atoms with van der Waals surface area (Å²) < 4.78 is 48.8. The summed E-state index contributed by atoms with van der Waals surface area (Å²) in [5, 5.41) is 0. The summed E-state index contributed by atoms with van der Waals surface area (Å²) in [5.41, 5.74) is 0. The molecule has 0 aliphatic rings. The maximum absolute atomic E-state index is 13.8. The molecule has 2 rings (SSSR count). The Morgan fingerprint density at radius 1 is 0.760 bits per heavy atom. The quantitative estimate of drug-likeness (QED) is 0.600. The Labute approximate surface area is 147 Å².